The first kappa shape index (κ1) is 16.6. The van der Waals surface area contributed by atoms with Crippen molar-refractivity contribution < 1.29 is 17.3 Å². The quantitative estimate of drug-likeness (QED) is 0.478. The Kier molecular flexibility index (Phi) is 5.04. The van der Waals surface area contributed by atoms with E-state index in [9.17, 15) is 13.7 Å². The van der Waals surface area contributed by atoms with Crippen LogP contribution < -0.4 is 4.74 Å². The topological polar surface area (TPSA) is 76.4 Å². The second kappa shape index (κ2) is 6.99. The molecule has 0 bridgehead atoms. The number of benzene rings is 2. The molecular formula is C17H15NO4S. The Morgan fingerprint density at radius 2 is 1.70 bits per heavy atom. The van der Waals surface area contributed by atoms with Crippen LogP contribution in [0.5, 0.6) is 5.75 Å². The molecule has 0 spiro atoms. The van der Waals surface area contributed by atoms with Gasteiger partial charge in [0.1, 0.15) is 23.0 Å². The molecular weight excluding hydrogens is 314 g/mol. The molecule has 0 aliphatic rings. The molecule has 2 aromatic carbocycles. The lowest BCUT2D eigenvalue weighted by atomic mass is 10.1. The van der Waals surface area contributed by atoms with Gasteiger partial charge in [-0.1, -0.05) is 17.7 Å². The third-order valence-corrected chi connectivity index (χ3v) is 4.32. The molecule has 5 nitrogen and oxygen atoms in total. The van der Waals surface area contributed by atoms with Crippen LogP contribution >= 0.6 is 0 Å². The minimum absolute atomic E-state index is 0.0337. The first-order valence-electron chi connectivity index (χ1n) is 6.71. The van der Waals surface area contributed by atoms with Gasteiger partial charge in [0.2, 0.25) is 0 Å². The Morgan fingerprint density at radius 1 is 1.09 bits per heavy atom. The Hall–Kier alpha value is -2.78. The van der Waals surface area contributed by atoms with Crippen LogP contribution in [0.4, 0.5) is 0 Å². The molecule has 23 heavy (non-hydrogen) atoms. The summed E-state index contributed by atoms with van der Waals surface area (Å²) in [5.41, 5.74) is 1.58. The number of nitrogens with zero attached hydrogens (tertiary/aromatic N) is 1. The minimum Gasteiger partial charge on any atom is -0.497 e. The first-order valence-corrected chi connectivity index (χ1v) is 8.12. The third-order valence-electron chi connectivity index (χ3n) is 3.12. The van der Waals surface area contributed by atoms with Gasteiger partial charge in [-0.25, -0.2) is 0 Å². The Bertz CT molecular complexity index is 845. The van der Waals surface area contributed by atoms with Gasteiger partial charge in [-0.2, -0.15) is 13.7 Å². The van der Waals surface area contributed by atoms with Crippen LogP contribution in [-0.4, -0.2) is 15.5 Å². The summed E-state index contributed by atoms with van der Waals surface area (Å²) < 4.78 is 34.1. The van der Waals surface area contributed by atoms with Gasteiger partial charge in [-0.05, 0) is 48.9 Å². The zero-order valence-corrected chi connectivity index (χ0v) is 13.5. The summed E-state index contributed by atoms with van der Waals surface area (Å²) in [6, 6.07) is 14.8. The second-order valence-electron chi connectivity index (χ2n) is 4.74. The molecule has 2 rings (SSSR count). The van der Waals surface area contributed by atoms with E-state index in [1.165, 1.54) is 19.2 Å². The van der Waals surface area contributed by atoms with Crippen LogP contribution in [0.25, 0.3) is 5.57 Å². The van der Waals surface area contributed by atoms with Crippen LogP contribution in [0.3, 0.4) is 0 Å². The molecule has 0 unspecified atom stereocenters. The van der Waals surface area contributed by atoms with Crippen LogP contribution in [0.2, 0.25) is 0 Å². The van der Waals surface area contributed by atoms with Crippen molar-refractivity contribution in [3.05, 3.63) is 65.9 Å². The van der Waals surface area contributed by atoms with Gasteiger partial charge in [-0.3, -0.25) is 0 Å². The molecule has 0 saturated carbocycles. The third kappa shape index (κ3) is 4.11. The lowest BCUT2D eigenvalue weighted by Gasteiger charge is -2.05. The van der Waals surface area contributed by atoms with Crippen molar-refractivity contribution >= 4 is 15.7 Å². The number of hydrogen-bond acceptors (Lipinski definition) is 5. The maximum absolute atomic E-state index is 12.1. The van der Waals surface area contributed by atoms with E-state index < -0.39 is 10.1 Å². The molecule has 0 fully saturated rings. The molecule has 0 atom stereocenters. The maximum Gasteiger partial charge on any atom is 0.338 e. The summed E-state index contributed by atoms with van der Waals surface area (Å²) in [7, 11) is -2.42. The van der Waals surface area contributed by atoms with Gasteiger partial charge in [-0.15, -0.1) is 0 Å². The van der Waals surface area contributed by atoms with Crippen LogP contribution in [0, 0.1) is 18.3 Å². The predicted octanol–water partition coefficient (Wildman–Crippen LogP) is 3.27. The summed E-state index contributed by atoms with van der Waals surface area (Å²) in [6.45, 7) is 1.86. The summed E-state index contributed by atoms with van der Waals surface area (Å²) >= 11 is 0. The number of methoxy groups -OCH3 is 1. The molecule has 0 N–H and O–H groups in total. The molecule has 2 aromatic rings. The van der Waals surface area contributed by atoms with Crippen molar-refractivity contribution in [3.63, 3.8) is 0 Å². The Labute approximate surface area is 135 Å². The highest BCUT2D eigenvalue weighted by Gasteiger charge is 2.14. The molecule has 0 heterocycles. The summed E-state index contributed by atoms with van der Waals surface area (Å²) in [5, 5.41) is 9.19. The van der Waals surface area contributed by atoms with Gasteiger partial charge < -0.3 is 8.92 Å². The monoisotopic (exact) mass is 329 g/mol. The van der Waals surface area contributed by atoms with Gasteiger partial charge in [0.05, 0.1) is 12.7 Å². The van der Waals surface area contributed by atoms with Gasteiger partial charge >= 0.3 is 10.1 Å². The van der Waals surface area contributed by atoms with E-state index in [-0.39, 0.29) is 10.5 Å². The minimum atomic E-state index is -3.96. The van der Waals surface area contributed by atoms with E-state index in [0.29, 0.717) is 11.3 Å². The summed E-state index contributed by atoms with van der Waals surface area (Å²) in [6.07, 6.45) is 0.941. The SMILES string of the molecule is COc1ccc(/C(C#N)=C/OS(=O)(=O)c2ccc(C)cc2)cc1. The summed E-state index contributed by atoms with van der Waals surface area (Å²) in [4.78, 5) is 0.0337. The van der Waals surface area contributed by atoms with Crippen molar-refractivity contribution in [1.29, 1.82) is 5.26 Å². The smallest absolute Gasteiger partial charge is 0.338 e. The molecule has 118 valence electrons. The van der Waals surface area contributed by atoms with Crippen molar-refractivity contribution in [2.75, 3.05) is 7.11 Å². The van der Waals surface area contributed by atoms with E-state index in [2.05, 4.69) is 0 Å². The fourth-order valence-electron chi connectivity index (χ4n) is 1.80. The van der Waals surface area contributed by atoms with Crippen molar-refractivity contribution in [1.82, 2.24) is 0 Å². The Morgan fingerprint density at radius 3 is 2.22 bits per heavy atom. The molecule has 6 heteroatoms. The zero-order chi connectivity index (χ0) is 16.9. The Balaban J connectivity index is 2.24. The van der Waals surface area contributed by atoms with Gasteiger partial charge in [0, 0.05) is 0 Å². The first-order chi connectivity index (χ1) is 11.0. The predicted molar refractivity (Wildman–Crippen MR) is 86.0 cm³/mol. The van der Waals surface area contributed by atoms with Crippen LogP contribution in [0.15, 0.2) is 59.7 Å². The highest BCUT2D eigenvalue weighted by Crippen LogP contribution is 2.20. The van der Waals surface area contributed by atoms with E-state index in [1.54, 1.807) is 36.4 Å². The molecule has 0 aliphatic heterocycles. The maximum atomic E-state index is 12.1. The highest BCUT2D eigenvalue weighted by atomic mass is 32.2. The number of nitriles is 1. The number of aryl methyl sites for hydroxylation is 1. The largest absolute Gasteiger partial charge is 0.497 e. The van der Waals surface area contributed by atoms with Crippen LogP contribution in [0.1, 0.15) is 11.1 Å². The average molecular weight is 329 g/mol. The van der Waals surface area contributed by atoms with Gasteiger partial charge in [0.25, 0.3) is 0 Å². The van der Waals surface area contributed by atoms with Gasteiger partial charge in [0.15, 0.2) is 0 Å². The molecule has 0 saturated heterocycles. The van der Waals surface area contributed by atoms with Crippen molar-refractivity contribution in [2.24, 2.45) is 0 Å². The zero-order valence-electron chi connectivity index (χ0n) is 12.7. The standard InChI is InChI=1S/C17H15NO4S/c1-13-3-9-17(10-4-13)23(19,20)22-12-15(11-18)14-5-7-16(21-2)8-6-14/h3-10,12H,1-2H3/b15-12+. The molecule has 0 radical (unpaired) electrons. The van der Waals surface area contributed by atoms with Crippen molar-refractivity contribution in [3.8, 4) is 11.8 Å². The van der Waals surface area contributed by atoms with E-state index in [0.717, 1.165) is 11.8 Å². The number of allylic oxidation sites excluding steroid dienone is 1. The average Bonchev–Trinajstić information content (AvgIpc) is 2.56. The normalized spacial score (nSPS) is 11.6. The lowest BCUT2D eigenvalue weighted by Crippen LogP contribution is -2.02. The number of hydrogen-bond donors (Lipinski definition) is 0. The van der Waals surface area contributed by atoms with Crippen LogP contribution in [-0.2, 0) is 14.3 Å². The van der Waals surface area contributed by atoms with Crippen molar-refractivity contribution in [2.45, 2.75) is 11.8 Å². The lowest BCUT2D eigenvalue weighted by molar-refractivity contribution is 0.414. The highest BCUT2D eigenvalue weighted by molar-refractivity contribution is 7.86. The second-order valence-corrected chi connectivity index (χ2v) is 6.31. The fraction of sp³-hybridized carbons (Fsp3) is 0.118. The summed E-state index contributed by atoms with van der Waals surface area (Å²) in [5.74, 6) is 0.638. The van der Waals surface area contributed by atoms with E-state index in [1.807, 2.05) is 13.0 Å². The number of ether oxygens (including phenoxy) is 1. The molecule has 0 aromatic heterocycles. The van der Waals surface area contributed by atoms with E-state index in [4.69, 9.17) is 8.92 Å². The number of rotatable bonds is 5. The fourth-order valence-corrected chi connectivity index (χ4v) is 2.60. The molecule has 0 aliphatic carbocycles. The molecule has 0 amide bonds. The van der Waals surface area contributed by atoms with E-state index >= 15 is 0 Å².